The van der Waals surface area contributed by atoms with Gasteiger partial charge in [0.1, 0.15) is 12.6 Å². The molecule has 1 aromatic heterocycles. The Morgan fingerprint density at radius 3 is 2.81 bits per heavy atom. The Balaban J connectivity index is 1.73. The van der Waals surface area contributed by atoms with Crippen molar-refractivity contribution >= 4 is 39.3 Å². The molecule has 9 heteroatoms. The van der Waals surface area contributed by atoms with Crippen LogP contribution < -0.4 is 0 Å². The minimum atomic E-state index is -0.290. The third kappa shape index (κ3) is 6.17. The second-order valence-electron chi connectivity index (χ2n) is 7.42. The van der Waals surface area contributed by atoms with Crippen molar-refractivity contribution in [1.29, 1.82) is 0 Å². The van der Waals surface area contributed by atoms with E-state index in [0.29, 0.717) is 43.5 Å². The standard InChI is InChI=1S/C22H26BrClN4O3/c1-2-13-27(19(29)7-5-12-24)15-20(30)28-14-4-3-6-18(28)22-25-21(26-31-22)16-8-10-17(23)11-9-16/h2,8-11,18H,1,3-7,12-15H2. The fourth-order valence-corrected chi connectivity index (χ4v) is 4.01. The zero-order valence-corrected chi connectivity index (χ0v) is 19.6. The van der Waals surface area contributed by atoms with Gasteiger partial charge in [0.05, 0.1) is 0 Å². The smallest absolute Gasteiger partial charge is 0.249 e. The summed E-state index contributed by atoms with van der Waals surface area (Å²) in [6.07, 6.45) is 5.13. The van der Waals surface area contributed by atoms with Crippen LogP contribution in [0.4, 0.5) is 0 Å². The summed E-state index contributed by atoms with van der Waals surface area (Å²) in [4.78, 5) is 33.4. The van der Waals surface area contributed by atoms with Gasteiger partial charge in [-0.1, -0.05) is 27.2 Å². The first-order chi connectivity index (χ1) is 15.0. The molecule has 1 saturated heterocycles. The van der Waals surface area contributed by atoms with Crippen LogP contribution in [0.15, 0.2) is 45.9 Å². The summed E-state index contributed by atoms with van der Waals surface area (Å²) in [5, 5.41) is 4.11. The summed E-state index contributed by atoms with van der Waals surface area (Å²) < 4.78 is 6.51. The maximum absolute atomic E-state index is 13.1. The topological polar surface area (TPSA) is 79.5 Å². The van der Waals surface area contributed by atoms with Crippen LogP contribution in [0.1, 0.15) is 44.0 Å². The SMILES string of the molecule is C=CCN(CC(=O)N1CCCCC1c1nc(-c2ccc(Br)cc2)no1)C(=O)CCCCl. The summed E-state index contributed by atoms with van der Waals surface area (Å²) in [6.45, 7) is 4.61. The fraction of sp³-hybridized carbons (Fsp3) is 0.455. The molecule has 7 nitrogen and oxygen atoms in total. The number of hydrogen-bond donors (Lipinski definition) is 0. The number of nitrogens with zero attached hydrogens (tertiary/aromatic N) is 4. The molecule has 0 saturated carbocycles. The Hall–Kier alpha value is -2.19. The number of carbonyl (C=O) groups is 2. The van der Waals surface area contributed by atoms with Crippen molar-refractivity contribution in [2.75, 3.05) is 25.5 Å². The van der Waals surface area contributed by atoms with Crippen molar-refractivity contribution in [1.82, 2.24) is 19.9 Å². The number of likely N-dealkylation sites (tertiary alicyclic amines) is 1. The number of alkyl halides is 1. The number of amides is 2. The van der Waals surface area contributed by atoms with Crippen LogP contribution in [0.25, 0.3) is 11.4 Å². The highest BCUT2D eigenvalue weighted by molar-refractivity contribution is 9.10. The Morgan fingerprint density at radius 2 is 2.10 bits per heavy atom. The predicted octanol–water partition coefficient (Wildman–Crippen LogP) is 4.59. The van der Waals surface area contributed by atoms with Crippen molar-refractivity contribution < 1.29 is 14.1 Å². The average molecular weight is 510 g/mol. The molecule has 0 radical (unpaired) electrons. The maximum atomic E-state index is 13.1. The van der Waals surface area contributed by atoms with E-state index in [0.717, 1.165) is 29.3 Å². The van der Waals surface area contributed by atoms with Crippen LogP contribution in [-0.4, -0.2) is 57.3 Å². The largest absolute Gasteiger partial charge is 0.337 e. The van der Waals surface area contributed by atoms with Gasteiger partial charge >= 0.3 is 0 Å². The molecule has 0 spiro atoms. The first-order valence-electron chi connectivity index (χ1n) is 10.4. The molecule has 2 amide bonds. The van der Waals surface area contributed by atoms with Crippen LogP contribution in [0.3, 0.4) is 0 Å². The van der Waals surface area contributed by atoms with Gasteiger partial charge in [-0.2, -0.15) is 4.98 Å². The monoisotopic (exact) mass is 508 g/mol. The van der Waals surface area contributed by atoms with Crippen LogP contribution in [0.2, 0.25) is 0 Å². The molecule has 2 heterocycles. The maximum Gasteiger partial charge on any atom is 0.249 e. The van der Waals surface area contributed by atoms with Gasteiger partial charge in [0.15, 0.2) is 0 Å². The van der Waals surface area contributed by atoms with Crippen LogP contribution in [0.5, 0.6) is 0 Å². The van der Waals surface area contributed by atoms with E-state index in [4.69, 9.17) is 16.1 Å². The molecule has 1 aromatic carbocycles. The number of hydrogen-bond acceptors (Lipinski definition) is 5. The molecule has 0 N–H and O–H groups in total. The molecule has 166 valence electrons. The summed E-state index contributed by atoms with van der Waals surface area (Å²) in [5.74, 6) is 1.10. The molecule has 1 fully saturated rings. The van der Waals surface area contributed by atoms with E-state index in [2.05, 4.69) is 32.6 Å². The number of halogens is 2. The van der Waals surface area contributed by atoms with Gasteiger partial charge in [-0.25, -0.2) is 0 Å². The summed E-state index contributed by atoms with van der Waals surface area (Å²) in [6, 6.07) is 7.35. The normalized spacial score (nSPS) is 16.2. The zero-order chi connectivity index (χ0) is 22.2. The van der Waals surface area contributed by atoms with E-state index in [-0.39, 0.29) is 24.4 Å². The summed E-state index contributed by atoms with van der Waals surface area (Å²) in [5.41, 5.74) is 0.842. The second kappa shape index (κ2) is 11.4. The number of rotatable bonds is 9. The zero-order valence-electron chi connectivity index (χ0n) is 17.3. The molecule has 3 rings (SSSR count). The second-order valence-corrected chi connectivity index (χ2v) is 8.71. The number of piperidine rings is 1. The lowest BCUT2D eigenvalue weighted by Gasteiger charge is -2.35. The van der Waals surface area contributed by atoms with Gasteiger partial charge < -0.3 is 14.3 Å². The molecule has 1 aliphatic heterocycles. The van der Waals surface area contributed by atoms with E-state index >= 15 is 0 Å². The minimum absolute atomic E-state index is 0.00263. The molecule has 1 aliphatic rings. The Kier molecular flexibility index (Phi) is 8.66. The number of benzene rings is 1. The van der Waals surface area contributed by atoms with Gasteiger partial charge in [-0.3, -0.25) is 9.59 Å². The number of aromatic nitrogens is 2. The van der Waals surface area contributed by atoms with Crippen LogP contribution in [-0.2, 0) is 9.59 Å². The Labute approximate surface area is 195 Å². The molecular formula is C22H26BrClN4O3. The predicted molar refractivity (Wildman–Crippen MR) is 122 cm³/mol. The molecule has 2 aromatic rings. The summed E-state index contributed by atoms with van der Waals surface area (Å²) >= 11 is 9.12. The Morgan fingerprint density at radius 1 is 1.32 bits per heavy atom. The lowest BCUT2D eigenvalue weighted by atomic mass is 10.0. The third-order valence-corrected chi connectivity index (χ3v) is 6.00. The fourth-order valence-electron chi connectivity index (χ4n) is 3.61. The van der Waals surface area contributed by atoms with E-state index in [1.165, 1.54) is 4.90 Å². The first-order valence-corrected chi connectivity index (χ1v) is 11.7. The minimum Gasteiger partial charge on any atom is -0.337 e. The third-order valence-electron chi connectivity index (χ3n) is 5.20. The van der Waals surface area contributed by atoms with Crippen molar-refractivity contribution in [3.05, 3.63) is 47.3 Å². The van der Waals surface area contributed by atoms with E-state index in [1.54, 1.807) is 11.0 Å². The van der Waals surface area contributed by atoms with Gasteiger partial charge in [-0.05, 0) is 49.9 Å². The lowest BCUT2D eigenvalue weighted by molar-refractivity contribution is -0.143. The van der Waals surface area contributed by atoms with Crippen molar-refractivity contribution in [2.24, 2.45) is 0 Å². The van der Waals surface area contributed by atoms with E-state index in [9.17, 15) is 9.59 Å². The average Bonchev–Trinajstić information content (AvgIpc) is 3.27. The number of carbonyl (C=O) groups excluding carboxylic acids is 2. The molecular weight excluding hydrogens is 484 g/mol. The van der Waals surface area contributed by atoms with Gasteiger partial charge in [0.2, 0.25) is 23.5 Å². The van der Waals surface area contributed by atoms with E-state index in [1.807, 2.05) is 24.3 Å². The van der Waals surface area contributed by atoms with Gasteiger partial charge in [0, 0.05) is 35.4 Å². The highest BCUT2D eigenvalue weighted by atomic mass is 79.9. The van der Waals surface area contributed by atoms with Crippen LogP contribution in [0, 0.1) is 0 Å². The van der Waals surface area contributed by atoms with Crippen molar-refractivity contribution in [2.45, 2.75) is 38.1 Å². The first kappa shape index (κ1) is 23.5. The summed E-state index contributed by atoms with van der Waals surface area (Å²) in [7, 11) is 0. The Bertz CT molecular complexity index is 902. The van der Waals surface area contributed by atoms with Crippen molar-refractivity contribution in [3.63, 3.8) is 0 Å². The molecule has 1 atom stereocenters. The molecule has 1 unspecified atom stereocenters. The molecule has 0 aliphatic carbocycles. The van der Waals surface area contributed by atoms with E-state index < -0.39 is 0 Å². The van der Waals surface area contributed by atoms with Gasteiger partial charge in [-0.15, -0.1) is 18.2 Å². The van der Waals surface area contributed by atoms with Crippen molar-refractivity contribution in [3.8, 4) is 11.4 Å². The highest BCUT2D eigenvalue weighted by Crippen LogP contribution is 2.31. The quantitative estimate of drug-likeness (QED) is 0.365. The van der Waals surface area contributed by atoms with Gasteiger partial charge in [0.25, 0.3) is 0 Å². The molecule has 0 bridgehead atoms. The highest BCUT2D eigenvalue weighted by Gasteiger charge is 2.33. The van der Waals surface area contributed by atoms with Crippen LogP contribution >= 0.6 is 27.5 Å². The lowest BCUT2D eigenvalue weighted by Crippen LogP contribution is -2.46. The molecule has 31 heavy (non-hydrogen) atoms.